The molecule has 0 bridgehead atoms. The first-order valence-corrected chi connectivity index (χ1v) is 7.47. The maximum absolute atomic E-state index is 10.3. The smallest absolute Gasteiger partial charge is 0.213 e. The molecule has 106 valence electrons. The van der Waals surface area contributed by atoms with Crippen LogP contribution in [0.4, 0.5) is 0 Å². The predicted molar refractivity (Wildman–Crippen MR) is 84.7 cm³/mol. The predicted octanol–water partition coefficient (Wildman–Crippen LogP) is 4.69. The molecule has 0 aliphatic rings. The van der Waals surface area contributed by atoms with Crippen LogP contribution >= 0.6 is 23.4 Å². The van der Waals surface area contributed by atoms with Crippen molar-refractivity contribution in [1.82, 2.24) is 4.57 Å². The number of aromatic hydroxyl groups is 2. The summed E-state index contributed by atoms with van der Waals surface area (Å²) in [5.74, 6) is -0.0167. The second-order valence-electron chi connectivity index (χ2n) is 4.42. The van der Waals surface area contributed by atoms with E-state index < -0.39 is 0 Å². The number of halogens is 1. The van der Waals surface area contributed by atoms with Gasteiger partial charge in [0.15, 0.2) is 5.88 Å². The van der Waals surface area contributed by atoms with Crippen molar-refractivity contribution in [3.05, 3.63) is 65.7 Å². The summed E-state index contributed by atoms with van der Waals surface area (Å²) in [4.78, 5) is 1.58. The van der Waals surface area contributed by atoms with Crippen LogP contribution in [-0.4, -0.2) is 14.8 Å². The second kappa shape index (κ2) is 5.76. The van der Waals surface area contributed by atoms with E-state index in [9.17, 15) is 10.2 Å². The van der Waals surface area contributed by atoms with Crippen molar-refractivity contribution in [1.29, 1.82) is 0 Å². The van der Waals surface area contributed by atoms with E-state index in [1.54, 1.807) is 30.3 Å². The normalized spacial score (nSPS) is 10.7. The average molecular weight is 318 g/mol. The Morgan fingerprint density at radius 1 is 0.905 bits per heavy atom. The molecule has 0 aliphatic heterocycles. The molecule has 3 aromatic rings. The molecule has 0 spiro atoms. The Bertz CT molecular complexity index is 754. The Balaban J connectivity index is 1.98. The summed E-state index contributed by atoms with van der Waals surface area (Å²) in [5, 5.41) is 21.0. The van der Waals surface area contributed by atoms with Crippen LogP contribution in [0, 0.1) is 0 Å². The molecule has 2 aromatic carbocycles. The molecule has 3 nitrogen and oxygen atoms in total. The standard InChI is InChI=1S/C16H12ClNO2S/c17-11-6-8-12(9-7-11)18-15(19)10-14(16(18)20)21-13-4-2-1-3-5-13/h1-10,19-20H. The highest BCUT2D eigenvalue weighted by molar-refractivity contribution is 7.99. The topological polar surface area (TPSA) is 45.4 Å². The van der Waals surface area contributed by atoms with Gasteiger partial charge in [0.2, 0.25) is 5.88 Å². The molecule has 3 rings (SSSR count). The molecule has 0 atom stereocenters. The number of benzene rings is 2. The highest BCUT2D eigenvalue weighted by Gasteiger charge is 2.16. The molecule has 0 radical (unpaired) electrons. The summed E-state index contributed by atoms with van der Waals surface area (Å²) >= 11 is 7.24. The second-order valence-corrected chi connectivity index (χ2v) is 5.97. The number of hydrogen-bond donors (Lipinski definition) is 2. The minimum absolute atomic E-state index is 0.00340. The number of nitrogens with zero attached hydrogens (tertiary/aromatic N) is 1. The molecule has 21 heavy (non-hydrogen) atoms. The number of rotatable bonds is 3. The van der Waals surface area contributed by atoms with E-state index in [2.05, 4.69) is 0 Å². The molecule has 1 heterocycles. The van der Waals surface area contributed by atoms with Gasteiger partial charge < -0.3 is 10.2 Å². The van der Waals surface area contributed by atoms with Gasteiger partial charge in [-0.2, -0.15) is 0 Å². The van der Waals surface area contributed by atoms with Gasteiger partial charge in [-0.15, -0.1) is 0 Å². The van der Waals surface area contributed by atoms with Gasteiger partial charge in [0.1, 0.15) is 0 Å². The quantitative estimate of drug-likeness (QED) is 0.736. The number of hydrogen-bond acceptors (Lipinski definition) is 3. The van der Waals surface area contributed by atoms with Gasteiger partial charge in [0.25, 0.3) is 0 Å². The zero-order chi connectivity index (χ0) is 14.8. The largest absolute Gasteiger partial charge is 0.494 e. The van der Waals surface area contributed by atoms with Crippen LogP contribution in [0.2, 0.25) is 5.02 Å². The molecule has 0 fully saturated rings. The van der Waals surface area contributed by atoms with Crippen molar-refractivity contribution >= 4 is 23.4 Å². The van der Waals surface area contributed by atoms with Gasteiger partial charge in [0.05, 0.1) is 10.6 Å². The first-order valence-electron chi connectivity index (χ1n) is 6.27. The Labute approximate surface area is 131 Å². The van der Waals surface area contributed by atoms with Crippen LogP contribution in [0.3, 0.4) is 0 Å². The monoisotopic (exact) mass is 317 g/mol. The van der Waals surface area contributed by atoms with E-state index >= 15 is 0 Å². The molecule has 0 aliphatic carbocycles. The molecular weight excluding hydrogens is 306 g/mol. The fourth-order valence-corrected chi connectivity index (χ4v) is 3.02. The fourth-order valence-electron chi connectivity index (χ4n) is 2.00. The average Bonchev–Trinajstić information content (AvgIpc) is 2.76. The van der Waals surface area contributed by atoms with Gasteiger partial charge in [-0.1, -0.05) is 41.6 Å². The third-order valence-electron chi connectivity index (χ3n) is 2.98. The van der Waals surface area contributed by atoms with Crippen molar-refractivity contribution in [3.63, 3.8) is 0 Å². The van der Waals surface area contributed by atoms with E-state index in [4.69, 9.17) is 11.6 Å². The summed E-state index contributed by atoms with van der Waals surface area (Å²) in [7, 11) is 0. The summed E-state index contributed by atoms with van der Waals surface area (Å²) in [5.41, 5.74) is 0.648. The van der Waals surface area contributed by atoms with Crippen LogP contribution in [0.15, 0.2) is 70.5 Å². The maximum Gasteiger partial charge on any atom is 0.213 e. The zero-order valence-corrected chi connectivity index (χ0v) is 12.5. The van der Waals surface area contributed by atoms with E-state index in [0.717, 1.165) is 4.90 Å². The molecular formula is C16H12ClNO2S. The summed E-state index contributed by atoms with van der Waals surface area (Å²) in [6.07, 6.45) is 0. The Morgan fingerprint density at radius 3 is 2.24 bits per heavy atom. The van der Waals surface area contributed by atoms with Crippen LogP contribution in [0.1, 0.15) is 0 Å². The first-order chi connectivity index (χ1) is 10.1. The van der Waals surface area contributed by atoms with Crippen LogP contribution in [0.5, 0.6) is 11.8 Å². The van der Waals surface area contributed by atoms with E-state index in [-0.39, 0.29) is 11.8 Å². The first kappa shape index (κ1) is 13.9. The highest BCUT2D eigenvalue weighted by Crippen LogP contribution is 2.41. The molecule has 0 saturated carbocycles. The molecule has 0 amide bonds. The van der Waals surface area contributed by atoms with E-state index in [1.165, 1.54) is 16.3 Å². The zero-order valence-electron chi connectivity index (χ0n) is 10.9. The van der Waals surface area contributed by atoms with E-state index in [0.29, 0.717) is 15.6 Å². The summed E-state index contributed by atoms with van der Waals surface area (Å²) in [6, 6.07) is 18.1. The lowest BCUT2D eigenvalue weighted by Gasteiger charge is -2.07. The van der Waals surface area contributed by atoms with Crippen molar-refractivity contribution in [2.24, 2.45) is 0 Å². The lowest BCUT2D eigenvalue weighted by atomic mass is 10.3. The molecule has 1 aromatic heterocycles. The van der Waals surface area contributed by atoms with Gasteiger partial charge in [-0.25, -0.2) is 0 Å². The van der Waals surface area contributed by atoms with Crippen LogP contribution in [0.25, 0.3) is 5.69 Å². The minimum Gasteiger partial charge on any atom is -0.494 e. The van der Waals surface area contributed by atoms with Crippen LogP contribution in [-0.2, 0) is 0 Å². The van der Waals surface area contributed by atoms with Crippen molar-refractivity contribution in [2.75, 3.05) is 0 Å². The Kier molecular flexibility index (Phi) is 3.82. The molecule has 5 heteroatoms. The molecule has 2 N–H and O–H groups in total. The maximum atomic E-state index is 10.3. The fraction of sp³-hybridized carbons (Fsp3) is 0. The summed E-state index contributed by atoms with van der Waals surface area (Å²) < 4.78 is 1.38. The summed E-state index contributed by atoms with van der Waals surface area (Å²) in [6.45, 7) is 0. The minimum atomic E-state index is -0.0201. The molecule has 0 saturated heterocycles. The van der Waals surface area contributed by atoms with Gasteiger partial charge >= 0.3 is 0 Å². The van der Waals surface area contributed by atoms with Gasteiger partial charge in [-0.05, 0) is 36.4 Å². The number of aromatic nitrogens is 1. The third kappa shape index (κ3) is 2.86. The third-order valence-corrected chi connectivity index (χ3v) is 4.26. The van der Waals surface area contributed by atoms with Crippen LogP contribution < -0.4 is 0 Å². The van der Waals surface area contributed by atoms with Gasteiger partial charge in [-0.3, -0.25) is 4.57 Å². The SMILES string of the molecule is Oc1cc(Sc2ccccc2)c(O)n1-c1ccc(Cl)cc1. The van der Waals surface area contributed by atoms with Gasteiger partial charge in [0, 0.05) is 16.0 Å². The highest BCUT2D eigenvalue weighted by atomic mass is 35.5. The lowest BCUT2D eigenvalue weighted by Crippen LogP contribution is -1.91. The van der Waals surface area contributed by atoms with E-state index in [1.807, 2.05) is 30.3 Å². The molecule has 0 unspecified atom stereocenters. The Hall–Kier alpha value is -2.04. The van der Waals surface area contributed by atoms with Crippen molar-refractivity contribution in [2.45, 2.75) is 9.79 Å². The van der Waals surface area contributed by atoms with Crippen molar-refractivity contribution < 1.29 is 10.2 Å². The van der Waals surface area contributed by atoms with Crippen molar-refractivity contribution in [3.8, 4) is 17.4 Å². The Morgan fingerprint density at radius 2 is 1.57 bits per heavy atom. The lowest BCUT2D eigenvalue weighted by molar-refractivity contribution is 0.398.